The summed E-state index contributed by atoms with van der Waals surface area (Å²) in [7, 11) is 1.31. The Kier molecular flexibility index (Phi) is 6.05. The number of H-pyrrole nitrogens is 1. The summed E-state index contributed by atoms with van der Waals surface area (Å²) < 4.78 is 10.5. The fourth-order valence-corrected chi connectivity index (χ4v) is 3.16. The highest BCUT2D eigenvalue weighted by molar-refractivity contribution is 5.99. The second kappa shape index (κ2) is 8.52. The second-order valence-corrected chi connectivity index (χ2v) is 7.78. The van der Waals surface area contributed by atoms with Crippen molar-refractivity contribution in [2.24, 2.45) is 0 Å². The van der Waals surface area contributed by atoms with Gasteiger partial charge in [-0.2, -0.15) is 0 Å². The van der Waals surface area contributed by atoms with Crippen molar-refractivity contribution in [2.75, 3.05) is 12.4 Å². The summed E-state index contributed by atoms with van der Waals surface area (Å²) in [4.78, 5) is 37.1. The first kappa shape index (κ1) is 21.3. The van der Waals surface area contributed by atoms with Crippen LogP contribution in [0.4, 0.5) is 5.82 Å². The Balaban J connectivity index is 1.93. The number of anilines is 1. The Labute approximate surface area is 175 Å². The van der Waals surface area contributed by atoms with Gasteiger partial charge in [-0.05, 0) is 44.9 Å². The third kappa shape index (κ3) is 4.59. The summed E-state index contributed by atoms with van der Waals surface area (Å²) >= 11 is 0. The van der Waals surface area contributed by atoms with Crippen molar-refractivity contribution < 1.29 is 19.1 Å². The largest absolute Gasteiger partial charge is 0.465 e. The molecule has 8 nitrogen and oxygen atoms in total. The van der Waals surface area contributed by atoms with Gasteiger partial charge in [0, 0.05) is 5.69 Å². The lowest BCUT2D eigenvalue weighted by molar-refractivity contribution is 0.00622. The van der Waals surface area contributed by atoms with Gasteiger partial charge in [0.1, 0.15) is 17.1 Å². The van der Waals surface area contributed by atoms with Gasteiger partial charge in [-0.3, -0.25) is 4.98 Å². The van der Waals surface area contributed by atoms with Crippen LogP contribution in [-0.2, 0) is 22.4 Å². The lowest BCUT2D eigenvalue weighted by Crippen LogP contribution is -2.24. The smallest absolute Gasteiger partial charge is 0.355 e. The first-order chi connectivity index (χ1) is 14.2. The van der Waals surface area contributed by atoms with Gasteiger partial charge in [-0.25, -0.2) is 14.6 Å². The van der Waals surface area contributed by atoms with Gasteiger partial charge >= 0.3 is 11.9 Å². The van der Waals surface area contributed by atoms with Crippen molar-refractivity contribution in [2.45, 2.75) is 46.3 Å². The number of nitrogens with one attached hydrogen (secondary N) is 2. The number of hydrogen-bond donors (Lipinski definition) is 2. The number of hydrogen-bond acceptors (Lipinski definition) is 7. The number of para-hydroxylation sites is 2. The van der Waals surface area contributed by atoms with Crippen LogP contribution in [0.5, 0.6) is 0 Å². The van der Waals surface area contributed by atoms with Gasteiger partial charge in [0.05, 0.1) is 36.4 Å². The van der Waals surface area contributed by atoms with Crippen LogP contribution in [0, 0.1) is 0 Å². The van der Waals surface area contributed by atoms with Crippen molar-refractivity contribution >= 4 is 28.8 Å². The quantitative estimate of drug-likeness (QED) is 0.594. The lowest BCUT2D eigenvalue weighted by atomic mass is 10.1. The number of nitrogens with zero attached hydrogens (tertiary/aromatic N) is 2. The average Bonchev–Trinajstić information content (AvgIpc) is 3.09. The van der Waals surface area contributed by atoms with Crippen LogP contribution in [0.3, 0.4) is 0 Å². The van der Waals surface area contributed by atoms with E-state index < -0.39 is 17.5 Å². The van der Waals surface area contributed by atoms with Gasteiger partial charge in [0.2, 0.25) is 0 Å². The standard InChI is InChI=1S/C22H26N4O4/c1-6-13-18(20(27)29-5)16(26-19(13)21(28)30-22(2,3)4)11-24-17-12-23-14-9-7-8-10-15(14)25-17/h7-10,12,26H,6,11H2,1-5H3,(H,24,25). The van der Waals surface area contributed by atoms with Crippen LogP contribution in [0.25, 0.3) is 11.0 Å². The molecule has 0 radical (unpaired) electrons. The van der Waals surface area contributed by atoms with Crippen LogP contribution < -0.4 is 5.32 Å². The summed E-state index contributed by atoms with van der Waals surface area (Å²) in [5, 5.41) is 3.16. The molecule has 0 aliphatic rings. The van der Waals surface area contributed by atoms with E-state index in [0.29, 0.717) is 29.1 Å². The second-order valence-electron chi connectivity index (χ2n) is 7.78. The van der Waals surface area contributed by atoms with E-state index in [1.54, 1.807) is 27.0 Å². The van der Waals surface area contributed by atoms with Gasteiger partial charge in [-0.15, -0.1) is 0 Å². The highest BCUT2D eigenvalue weighted by Gasteiger charge is 2.28. The van der Waals surface area contributed by atoms with E-state index in [0.717, 1.165) is 11.0 Å². The van der Waals surface area contributed by atoms with E-state index in [4.69, 9.17) is 9.47 Å². The van der Waals surface area contributed by atoms with E-state index >= 15 is 0 Å². The SMILES string of the molecule is CCc1c(C(=O)OC(C)(C)C)[nH]c(CNc2cnc3ccccc3n2)c1C(=O)OC. The molecule has 0 amide bonds. The van der Waals surface area contributed by atoms with Crippen molar-refractivity contribution in [1.82, 2.24) is 15.0 Å². The van der Waals surface area contributed by atoms with Crippen LogP contribution in [0.15, 0.2) is 30.5 Å². The monoisotopic (exact) mass is 410 g/mol. The fraction of sp³-hybridized carbons (Fsp3) is 0.364. The third-order valence-corrected chi connectivity index (χ3v) is 4.42. The van der Waals surface area contributed by atoms with Gasteiger partial charge in [-0.1, -0.05) is 19.1 Å². The summed E-state index contributed by atoms with van der Waals surface area (Å²) in [6.45, 7) is 7.48. The molecule has 0 atom stereocenters. The molecule has 158 valence electrons. The van der Waals surface area contributed by atoms with Crippen molar-refractivity contribution in [3.05, 3.63) is 53.0 Å². The van der Waals surface area contributed by atoms with Crippen molar-refractivity contribution in [1.29, 1.82) is 0 Å². The molecule has 0 bridgehead atoms. The minimum Gasteiger partial charge on any atom is -0.465 e. The molecule has 0 spiro atoms. The van der Waals surface area contributed by atoms with E-state index in [1.807, 2.05) is 31.2 Å². The first-order valence-corrected chi connectivity index (χ1v) is 9.74. The third-order valence-electron chi connectivity index (χ3n) is 4.42. The molecule has 0 unspecified atom stereocenters. The van der Waals surface area contributed by atoms with Gasteiger partial charge in [0.25, 0.3) is 0 Å². The molecular weight excluding hydrogens is 384 g/mol. The summed E-state index contributed by atoms with van der Waals surface area (Å²) in [6, 6.07) is 7.54. The molecule has 1 aromatic carbocycles. The number of ether oxygens (including phenoxy) is 2. The Morgan fingerprint density at radius 1 is 1.13 bits per heavy atom. The topological polar surface area (TPSA) is 106 Å². The highest BCUT2D eigenvalue weighted by atomic mass is 16.6. The molecular formula is C22H26N4O4. The van der Waals surface area contributed by atoms with E-state index in [-0.39, 0.29) is 12.2 Å². The number of carbonyl (C=O) groups excluding carboxylic acids is 2. The molecule has 2 aromatic heterocycles. The zero-order chi connectivity index (χ0) is 21.9. The Hall–Kier alpha value is -3.42. The van der Waals surface area contributed by atoms with Crippen LogP contribution >= 0.6 is 0 Å². The summed E-state index contributed by atoms with van der Waals surface area (Å²) in [5.74, 6) is -0.475. The molecule has 0 fully saturated rings. The van der Waals surface area contributed by atoms with Gasteiger partial charge in [0.15, 0.2) is 0 Å². The molecule has 0 saturated heterocycles. The van der Waals surface area contributed by atoms with Crippen molar-refractivity contribution in [3.8, 4) is 0 Å². The molecule has 3 aromatic rings. The number of rotatable bonds is 6. The number of carbonyl (C=O) groups is 2. The Morgan fingerprint density at radius 2 is 1.83 bits per heavy atom. The molecule has 0 aliphatic carbocycles. The lowest BCUT2D eigenvalue weighted by Gasteiger charge is -2.19. The molecule has 3 rings (SSSR count). The molecule has 30 heavy (non-hydrogen) atoms. The zero-order valence-corrected chi connectivity index (χ0v) is 17.8. The summed E-state index contributed by atoms with van der Waals surface area (Å²) in [5.41, 5.74) is 2.57. The van der Waals surface area contributed by atoms with Crippen LogP contribution in [0.1, 0.15) is 59.8 Å². The Bertz CT molecular complexity index is 1080. The van der Waals surface area contributed by atoms with E-state index in [1.165, 1.54) is 7.11 Å². The fourth-order valence-electron chi connectivity index (χ4n) is 3.16. The molecule has 0 saturated carbocycles. The molecule has 2 heterocycles. The number of aromatic amines is 1. The number of methoxy groups -OCH3 is 1. The predicted molar refractivity (Wildman–Crippen MR) is 114 cm³/mol. The zero-order valence-electron chi connectivity index (χ0n) is 17.8. The number of fused-ring (bicyclic) bond motifs is 1. The maximum Gasteiger partial charge on any atom is 0.355 e. The molecule has 0 aliphatic heterocycles. The van der Waals surface area contributed by atoms with Gasteiger partial charge < -0.3 is 19.8 Å². The average molecular weight is 410 g/mol. The number of benzene rings is 1. The Morgan fingerprint density at radius 3 is 2.47 bits per heavy atom. The van der Waals surface area contributed by atoms with Crippen LogP contribution in [-0.4, -0.2) is 39.6 Å². The normalized spacial score (nSPS) is 11.4. The van der Waals surface area contributed by atoms with Crippen LogP contribution in [0.2, 0.25) is 0 Å². The maximum atomic E-state index is 12.7. The summed E-state index contributed by atoms with van der Waals surface area (Å²) in [6.07, 6.45) is 2.09. The van der Waals surface area contributed by atoms with Crippen molar-refractivity contribution in [3.63, 3.8) is 0 Å². The van der Waals surface area contributed by atoms with E-state index in [2.05, 4.69) is 20.3 Å². The first-order valence-electron chi connectivity index (χ1n) is 9.74. The van der Waals surface area contributed by atoms with E-state index in [9.17, 15) is 9.59 Å². The minimum atomic E-state index is -0.655. The molecule has 8 heteroatoms. The maximum absolute atomic E-state index is 12.7. The number of esters is 2. The predicted octanol–water partition coefficient (Wildman–Crippen LogP) is 3.87. The molecule has 2 N–H and O–H groups in total. The highest BCUT2D eigenvalue weighted by Crippen LogP contribution is 2.24. The minimum absolute atomic E-state index is 0.229. The number of aromatic nitrogens is 3.